The van der Waals surface area contributed by atoms with E-state index in [1.54, 1.807) is 11.3 Å². The van der Waals surface area contributed by atoms with Gasteiger partial charge in [-0.3, -0.25) is 0 Å². The second kappa shape index (κ2) is 6.12. The molecule has 1 N–H and O–H groups in total. The van der Waals surface area contributed by atoms with E-state index in [4.69, 9.17) is 0 Å². The normalized spacial score (nSPS) is 12.9. The Hall–Kier alpha value is -1.19. The van der Waals surface area contributed by atoms with Gasteiger partial charge in [0.15, 0.2) is 0 Å². The summed E-state index contributed by atoms with van der Waals surface area (Å²) >= 11 is 1.69. The molecule has 1 aromatic heterocycles. The first-order valence-corrected chi connectivity index (χ1v) is 7.19. The molecule has 2 aromatic rings. The standard InChI is InChI=1S/C15H19NOS/c1-11(2)8-15-16-13(10-18-15)9-14(17)12-6-4-3-5-7-12/h3-7,10-11,14,17H,8-9H2,1-2H3. The zero-order valence-corrected chi connectivity index (χ0v) is 11.7. The van der Waals surface area contributed by atoms with Gasteiger partial charge in [-0.25, -0.2) is 4.98 Å². The molecule has 96 valence electrons. The minimum atomic E-state index is -0.458. The van der Waals surface area contributed by atoms with E-state index in [-0.39, 0.29) is 0 Å². The lowest BCUT2D eigenvalue weighted by Gasteiger charge is -2.08. The Bertz CT molecular complexity index is 478. The average Bonchev–Trinajstić information content (AvgIpc) is 2.76. The first kappa shape index (κ1) is 13.2. The summed E-state index contributed by atoms with van der Waals surface area (Å²) in [6, 6.07) is 9.76. The fourth-order valence-electron chi connectivity index (χ4n) is 1.88. The van der Waals surface area contributed by atoms with Gasteiger partial charge in [0.2, 0.25) is 0 Å². The molecular weight excluding hydrogens is 242 g/mol. The Morgan fingerprint density at radius 3 is 2.56 bits per heavy atom. The van der Waals surface area contributed by atoms with Gasteiger partial charge >= 0.3 is 0 Å². The smallest absolute Gasteiger partial charge is 0.0930 e. The highest BCUT2D eigenvalue weighted by Gasteiger charge is 2.11. The van der Waals surface area contributed by atoms with Crippen molar-refractivity contribution in [2.75, 3.05) is 0 Å². The van der Waals surface area contributed by atoms with Crippen molar-refractivity contribution >= 4 is 11.3 Å². The van der Waals surface area contributed by atoms with E-state index in [0.29, 0.717) is 12.3 Å². The monoisotopic (exact) mass is 261 g/mol. The first-order valence-electron chi connectivity index (χ1n) is 6.31. The zero-order valence-electron chi connectivity index (χ0n) is 10.8. The predicted octanol–water partition coefficient (Wildman–Crippen LogP) is 3.62. The number of hydrogen-bond donors (Lipinski definition) is 1. The third-order valence-electron chi connectivity index (χ3n) is 2.77. The Labute approximate surface area is 112 Å². The van der Waals surface area contributed by atoms with Gasteiger partial charge in [-0.05, 0) is 11.5 Å². The number of hydrogen-bond acceptors (Lipinski definition) is 3. The number of aliphatic hydroxyl groups is 1. The highest BCUT2D eigenvalue weighted by Crippen LogP contribution is 2.20. The molecule has 0 amide bonds. The van der Waals surface area contributed by atoms with Crippen LogP contribution < -0.4 is 0 Å². The van der Waals surface area contributed by atoms with Crippen LogP contribution >= 0.6 is 11.3 Å². The molecule has 1 unspecified atom stereocenters. The molecule has 0 radical (unpaired) electrons. The summed E-state index contributed by atoms with van der Waals surface area (Å²) < 4.78 is 0. The largest absolute Gasteiger partial charge is 0.388 e. The molecule has 1 heterocycles. The molecule has 0 aliphatic rings. The Balaban J connectivity index is 1.99. The molecule has 1 atom stereocenters. The van der Waals surface area contributed by atoms with Gasteiger partial charge in [-0.15, -0.1) is 11.3 Å². The molecule has 0 bridgehead atoms. The van der Waals surface area contributed by atoms with Crippen molar-refractivity contribution in [3.63, 3.8) is 0 Å². The van der Waals surface area contributed by atoms with Gasteiger partial charge in [-0.1, -0.05) is 44.2 Å². The van der Waals surface area contributed by atoms with Gasteiger partial charge in [0.1, 0.15) is 0 Å². The molecular formula is C15H19NOS. The lowest BCUT2D eigenvalue weighted by molar-refractivity contribution is 0.177. The zero-order chi connectivity index (χ0) is 13.0. The van der Waals surface area contributed by atoms with Crippen molar-refractivity contribution in [3.05, 3.63) is 52.0 Å². The van der Waals surface area contributed by atoms with Crippen LogP contribution in [0.3, 0.4) is 0 Å². The molecule has 1 aromatic carbocycles. The van der Waals surface area contributed by atoms with Gasteiger partial charge in [0, 0.05) is 18.2 Å². The lowest BCUT2D eigenvalue weighted by atomic mass is 10.1. The molecule has 0 fully saturated rings. The fourth-order valence-corrected chi connectivity index (χ4v) is 2.90. The van der Waals surface area contributed by atoms with Gasteiger partial charge in [0.05, 0.1) is 16.8 Å². The summed E-state index contributed by atoms with van der Waals surface area (Å²) in [4.78, 5) is 4.57. The second-order valence-electron chi connectivity index (χ2n) is 4.96. The quantitative estimate of drug-likeness (QED) is 0.891. The SMILES string of the molecule is CC(C)Cc1nc(CC(O)c2ccccc2)cs1. The summed E-state index contributed by atoms with van der Waals surface area (Å²) in [5.41, 5.74) is 1.95. The summed E-state index contributed by atoms with van der Waals surface area (Å²) in [5.74, 6) is 0.628. The van der Waals surface area contributed by atoms with Crippen LogP contribution in [0.2, 0.25) is 0 Å². The third kappa shape index (κ3) is 3.65. The summed E-state index contributed by atoms with van der Waals surface area (Å²) in [7, 11) is 0. The van der Waals surface area contributed by atoms with Crippen LogP contribution in [-0.2, 0) is 12.8 Å². The van der Waals surface area contributed by atoms with E-state index in [1.165, 1.54) is 5.01 Å². The summed E-state index contributed by atoms with van der Waals surface area (Å²) in [6.07, 6.45) is 1.16. The van der Waals surface area contributed by atoms with Gasteiger partial charge in [-0.2, -0.15) is 0 Å². The van der Waals surface area contributed by atoms with E-state index < -0.39 is 6.10 Å². The maximum Gasteiger partial charge on any atom is 0.0930 e. The lowest BCUT2D eigenvalue weighted by Crippen LogP contribution is -2.02. The molecule has 0 saturated heterocycles. The van der Waals surface area contributed by atoms with Crippen LogP contribution in [0.1, 0.15) is 36.2 Å². The van der Waals surface area contributed by atoms with Gasteiger partial charge in [0.25, 0.3) is 0 Å². The Morgan fingerprint density at radius 1 is 1.17 bits per heavy atom. The van der Waals surface area contributed by atoms with Crippen LogP contribution in [0, 0.1) is 5.92 Å². The molecule has 0 spiro atoms. The van der Waals surface area contributed by atoms with E-state index in [2.05, 4.69) is 24.2 Å². The van der Waals surface area contributed by atoms with Crippen LogP contribution in [0.15, 0.2) is 35.7 Å². The fraction of sp³-hybridized carbons (Fsp3) is 0.400. The molecule has 3 heteroatoms. The maximum absolute atomic E-state index is 10.1. The first-order chi connectivity index (χ1) is 8.65. The number of rotatable bonds is 5. The maximum atomic E-state index is 10.1. The summed E-state index contributed by atoms with van der Waals surface area (Å²) in [5, 5.41) is 13.4. The highest BCUT2D eigenvalue weighted by molar-refractivity contribution is 7.09. The second-order valence-corrected chi connectivity index (χ2v) is 5.90. The molecule has 2 rings (SSSR count). The number of thiazole rings is 1. The van der Waals surface area contributed by atoms with Crippen LogP contribution in [-0.4, -0.2) is 10.1 Å². The molecule has 18 heavy (non-hydrogen) atoms. The molecule has 0 saturated carbocycles. The molecule has 0 aliphatic heterocycles. The van der Waals surface area contributed by atoms with Crippen LogP contribution in [0.25, 0.3) is 0 Å². The van der Waals surface area contributed by atoms with Crippen molar-refractivity contribution < 1.29 is 5.11 Å². The minimum Gasteiger partial charge on any atom is -0.388 e. The number of benzene rings is 1. The van der Waals surface area contributed by atoms with E-state index in [9.17, 15) is 5.11 Å². The van der Waals surface area contributed by atoms with E-state index in [0.717, 1.165) is 17.7 Å². The molecule has 2 nitrogen and oxygen atoms in total. The van der Waals surface area contributed by atoms with E-state index in [1.807, 2.05) is 30.3 Å². The minimum absolute atomic E-state index is 0.458. The van der Waals surface area contributed by atoms with Crippen molar-refractivity contribution in [2.24, 2.45) is 5.92 Å². The van der Waals surface area contributed by atoms with Crippen LogP contribution in [0.4, 0.5) is 0 Å². The number of aliphatic hydroxyl groups excluding tert-OH is 1. The Morgan fingerprint density at radius 2 is 1.89 bits per heavy atom. The summed E-state index contributed by atoms with van der Waals surface area (Å²) in [6.45, 7) is 4.39. The van der Waals surface area contributed by atoms with Gasteiger partial charge < -0.3 is 5.11 Å². The van der Waals surface area contributed by atoms with Crippen molar-refractivity contribution in [1.82, 2.24) is 4.98 Å². The number of nitrogens with zero attached hydrogens (tertiary/aromatic N) is 1. The van der Waals surface area contributed by atoms with Crippen molar-refractivity contribution in [2.45, 2.75) is 32.8 Å². The van der Waals surface area contributed by atoms with Crippen LogP contribution in [0.5, 0.6) is 0 Å². The third-order valence-corrected chi connectivity index (χ3v) is 3.69. The highest BCUT2D eigenvalue weighted by atomic mass is 32.1. The molecule has 0 aliphatic carbocycles. The topological polar surface area (TPSA) is 33.1 Å². The Kier molecular flexibility index (Phi) is 4.50. The predicted molar refractivity (Wildman–Crippen MR) is 75.8 cm³/mol. The average molecular weight is 261 g/mol. The van der Waals surface area contributed by atoms with Crippen molar-refractivity contribution in [3.8, 4) is 0 Å². The van der Waals surface area contributed by atoms with Crippen molar-refractivity contribution in [1.29, 1.82) is 0 Å². The van der Waals surface area contributed by atoms with E-state index >= 15 is 0 Å². The number of aromatic nitrogens is 1.